The van der Waals surface area contributed by atoms with Gasteiger partial charge < -0.3 is 10.6 Å². The van der Waals surface area contributed by atoms with Crippen molar-refractivity contribution in [3.8, 4) is 0 Å². The molecule has 1 aliphatic heterocycles. The number of thiol groups is 1. The van der Waals surface area contributed by atoms with Crippen LogP contribution < -0.4 is 10.6 Å². The monoisotopic (exact) mass is 250 g/mol. The van der Waals surface area contributed by atoms with Gasteiger partial charge in [-0.15, -0.1) is 12.6 Å². The van der Waals surface area contributed by atoms with Crippen LogP contribution >= 0.6 is 12.6 Å². The summed E-state index contributed by atoms with van der Waals surface area (Å²) in [7, 11) is 0. The quantitative estimate of drug-likeness (QED) is 0.685. The van der Waals surface area contributed by atoms with E-state index in [0.29, 0.717) is 24.9 Å². The van der Waals surface area contributed by atoms with E-state index in [2.05, 4.69) is 23.3 Å². The van der Waals surface area contributed by atoms with Gasteiger partial charge in [0.1, 0.15) is 0 Å². The van der Waals surface area contributed by atoms with Crippen LogP contribution in [0.4, 0.5) is 0 Å². The van der Waals surface area contributed by atoms with E-state index < -0.39 is 0 Å². The van der Waals surface area contributed by atoms with Crippen LogP contribution in [-0.2, 0) is 4.79 Å². The van der Waals surface area contributed by atoms with Crippen LogP contribution in [0.5, 0.6) is 0 Å². The molecule has 1 aliphatic rings. The Bertz CT molecular complexity index is 421. The van der Waals surface area contributed by atoms with Gasteiger partial charge in [-0.05, 0) is 30.7 Å². The fourth-order valence-electron chi connectivity index (χ4n) is 1.74. The second-order valence-corrected chi connectivity index (χ2v) is 4.58. The van der Waals surface area contributed by atoms with Crippen LogP contribution in [0.1, 0.15) is 23.2 Å². The molecule has 1 unspecified atom stereocenters. The van der Waals surface area contributed by atoms with E-state index in [9.17, 15) is 9.59 Å². The molecule has 0 aromatic heterocycles. The van der Waals surface area contributed by atoms with E-state index in [1.165, 1.54) is 0 Å². The highest BCUT2D eigenvalue weighted by Gasteiger charge is 2.19. The molecule has 0 aliphatic carbocycles. The number of amides is 2. The predicted octanol–water partition coefficient (Wildman–Crippen LogP) is 0.984. The van der Waals surface area contributed by atoms with Crippen LogP contribution in [0.3, 0.4) is 0 Å². The average Bonchev–Trinajstić information content (AvgIpc) is 2.33. The lowest BCUT2D eigenvalue weighted by Gasteiger charge is -2.23. The van der Waals surface area contributed by atoms with Gasteiger partial charge in [0.25, 0.3) is 5.91 Å². The fraction of sp³-hybridized carbons (Fsp3) is 0.333. The number of benzene rings is 1. The molecule has 5 heteroatoms. The number of rotatable bonds is 2. The second-order valence-electron chi connectivity index (χ2n) is 4.06. The maximum Gasteiger partial charge on any atom is 0.251 e. The van der Waals surface area contributed by atoms with Gasteiger partial charge in [0.05, 0.1) is 0 Å². The summed E-state index contributed by atoms with van der Waals surface area (Å²) in [4.78, 5) is 23.7. The lowest BCUT2D eigenvalue weighted by molar-refractivity contribution is -0.122. The Balaban J connectivity index is 1.93. The van der Waals surface area contributed by atoms with Gasteiger partial charge in [0.15, 0.2) is 0 Å². The van der Waals surface area contributed by atoms with Gasteiger partial charge in [-0.25, -0.2) is 0 Å². The number of carbonyl (C=O) groups excluding carboxylic acids is 2. The Morgan fingerprint density at radius 2 is 2.06 bits per heavy atom. The van der Waals surface area contributed by atoms with E-state index in [4.69, 9.17) is 0 Å². The smallest absolute Gasteiger partial charge is 0.251 e. The van der Waals surface area contributed by atoms with Crippen molar-refractivity contribution >= 4 is 24.4 Å². The van der Waals surface area contributed by atoms with E-state index >= 15 is 0 Å². The molecule has 4 nitrogen and oxygen atoms in total. The lowest BCUT2D eigenvalue weighted by Crippen LogP contribution is -2.47. The minimum Gasteiger partial charge on any atom is -0.354 e. The molecule has 1 aromatic rings. The Morgan fingerprint density at radius 1 is 1.35 bits per heavy atom. The molecule has 0 saturated carbocycles. The molecule has 0 spiro atoms. The van der Waals surface area contributed by atoms with Crippen LogP contribution in [0.15, 0.2) is 29.2 Å². The first-order chi connectivity index (χ1) is 8.15. The third kappa shape index (κ3) is 3.23. The summed E-state index contributed by atoms with van der Waals surface area (Å²) in [6.07, 6.45) is 1.17. The number of hydrogen-bond acceptors (Lipinski definition) is 3. The largest absolute Gasteiger partial charge is 0.354 e. The zero-order valence-corrected chi connectivity index (χ0v) is 10.2. The Kier molecular flexibility index (Phi) is 3.68. The van der Waals surface area contributed by atoms with Gasteiger partial charge in [-0.1, -0.05) is 0 Å². The number of piperidine rings is 1. The first kappa shape index (κ1) is 12.0. The molecule has 2 rings (SSSR count). The summed E-state index contributed by atoms with van der Waals surface area (Å²) in [6, 6.07) is 7.05. The summed E-state index contributed by atoms with van der Waals surface area (Å²) in [6.45, 7) is 0.509. The fourth-order valence-corrected chi connectivity index (χ4v) is 1.89. The topological polar surface area (TPSA) is 58.2 Å². The Morgan fingerprint density at radius 3 is 2.65 bits per heavy atom. The summed E-state index contributed by atoms with van der Waals surface area (Å²) in [5.74, 6) is -0.0607. The van der Waals surface area contributed by atoms with Gasteiger partial charge in [0.2, 0.25) is 5.91 Å². The first-order valence-corrected chi connectivity index (χ1v) is 5.96. The molecule has 1 saturated heterocycles. The third-order valence-corrected chi connectivity index (χ3v) is 3.03. The van der Waals surface area contributed by atoms with Crippen molar-refractivity contribution in [1.29, 1.82) is 0 Å². The highest BCUT2D eigenvalue weighted by atomic mass is 32.1. The summed E-state index contributed by atoms with van der Waals surface area (Å²) >= 11 is 4.16. The van der Waals surface area contributed by atoms with Crippen LogP contribution in [0.25, 0.3) is 0 Å². The summed E-state index contributed by atoms with van der Waals surface area (Å²) in [5.41, 5.74) is 0.611. The molecule has 0 radical (unpaired) electrons. The maximum absolute atomic E-state index is 11.9. The van der Waals surface area contributed by atoms with Crippen molar-refractivity contribution in [2.45, 2.75) is 23.8 Å². The maximum atomic E-state index is 11.9. The molecule has 1 fully saturated rings. The SMILES string of the molecule is O=C1CCC(NC(=O)c2ccc(S)cc2)CN1. The van der Waals surface area contributed by atoms with Crippen molar-refractivity contribution in [3.05, 3.63) is 29.8 Å². The molecule has 90 valence electrons. The van der Waals surface area contributed by atoms with E-state index in [1.54, 1.807) is 24.3 Å². The molecular formula is C12H14N2O2S. The summed E-state index contributed by atoms with van der Waals surface area (Å²) < 4.78 is 0. The molecule has 0 bridgehead atoms. The van der Waals surface area contributed by atoms with Crippen molar-refractivity contribution in [1.82, 2.24) is 10.6 Å². The van der Waals surface area contributed by atoms with E-state index in [-0.39, 0.29) is 17.9 Å². The minimum absolute atomic E-state index is 0.0240. The minimum atomic E-state index is -0.112. The van der Waals surface area contributed by atoms with Gasteiger partial charge in [0, 0.05) is 29.5 Å². The average molecular weight is 250 g/mol. The Labute approximate surface area is 105 Å². The molecular weight excluding hydrogens is 236 g/mol. The molecule has 2 N–H and O–H groups in total. The van der Waals surface area contributed by atoms with Crippen molar-refractivity contribution in [2.24, 2.45) is 0 Å². The van der Waals surface area contributed by atoms with Gasteiger partial charge in [-0.3, -0.25) is 9.59 Å². The predicted molar refractivity (Wildman–Crippen MR) is 67.2 cm³/mol. The van der Waals surface area contributed by atoms with E-state index in [0.717, 1.165) is 4.90 Å². The zero-order valence-electron chi connectivity index (χ0n) is 9.27. The van der Waals surface area contributed by atoms with Crippen LogP contribution in [0, 0.1) is 0 Å². The zero-order chi connectivity index (χ0) is 12.3. The number of carbonyl (C=O) groups is 2. The van der Waals surface area contributed by atoms with E-state index in [1.807, 2.05) is 0 Å². The molecule has 1 aromatic carbocycles. The Hall–Kier alpha value is -1.49. The molecule has 1 atom stereocenters. The highest BCUT2D eigenvalue weighted by molar-refractivity contribution is 7.80. The van der Waals surface area contributed by atoms with Crippen molar-refractivity contribution in [3.63, 3.8) is 0 Å². The van der Waals surface area contributed by atoms with Crippen molar-refractivity contribution < 1.29 is 9.59 Å². The van der Waals surface area contributed by atoms with Gasteiger partial charge in [-0.2, -0.15) is 0 Å². The second kappa shape index (κ2) is 5.23. The standard InChI is InChI=1S/C12H14N2O2S/c15-11-6-3-9(7-13-11)14-12(16)8-1-4-10(17)5-2-8/h1-2,4-5,9,17H,3,6-7H2,(H,13,15)(H,14,16). The number of nitrogens with one attached hydrogen (secondary N) is 2. The number of hydrogen-bond donors (Lipinski definition) is 3. The summed E-state index contributed by atoms with van der Waals surface area (Å²) in [5, 5.41) is 5.63. The van der Waals surface area contributed by atoms with Crippen molar-refractivity contribution in [2.75, 3.05) is 6.54 Å². The lowest BCUT2D eigenvalue weighted by atomic mass is 10.1. The molecule has 2 amide bonds. The molecule has 17 heavy (non-hydrogen) atoms. The van der Waals surface area contributed by atoms with Crippen LogP contribution in [0.2, 0.25) is 0 Å². The normalized spacial score (nSPS) is 19.6. The highest BCUT2D eigenvalue weighted by Crippen LogP contribution is 2.09. The third-order valence-electron chi connectivity index (χ3n) is 2.73. The van der Waals surface area contributed by atoms with Gasteiger partial charge >= 0.3 is 0 Å². The molecule has 1 heterocycles. The first-order valence-electron chi connectivity index (χ1n) is 5.52. The van der Waals surface area contributed by atoms with Crippen LogP contribution in [-0.4, -0.2) is 24.4 Å².